The van der Waals surface area contributed by atoms with Crippen LogP contribution in [-0.4, -0.2) is 42.9 Å². The molecule has 2 saturated heterocycles. The second-order valence-corrected chi connectivity index (χ2v) is 7.60. The van der Waals surface area contributed by atoms with Gasteiger partial charge < -0.3 is 9.64 Å². The van der Waals surface area contributed by atoms with Crippen molar-refractivity contribution in [3.05, 3.63) is 34.9 Å². The maximum absolute atomic E-state index is 12.7. The Hall–Kier alpha value is -0.710. The van der Waals surface area contributed by atoms with Crippen molar-refractivity contribution in [2.45, 2.75) is 24.5 Å². The maximum Gasteiger partial charge on any atom is 0.225 e. The summed E-state index contributed by atoms with van der Waals surface area (Å²) in [6.45, 7) is 3.13. The molecule has 22 heavy (non-hydrogen) atoms. The Labute approximate surface area is 141 Å². The average molecular weight is 340 g/mol. The summed E-state index contributed by atoms with van der Waals surface area (Å²) in [6.07, 6.45) is 2.72. The molecular formula is C17H22ClNO2S. The number of thioether (sulfide) groups is 1. The molecule has 0 saturated carbocycles. The zero-order valence-electron chi connectivity index (χ0n) is 12.7. The van der Waals surface area contributed by atoms with Crippen LogP contribution >= 0.6 is 23.4 Å². The van der Waals surface area contributed by atoms with Gasteiger partial charge in [-0.3, -0.25) is 4.79 Å². The lowest BCUT2D eigenvalue weighted by Gasteiger charge is -2.28. The highest BCUT2D eigenvalue weighted by molar-refractivity contribution is 7.99. The monoisotopic (exact) mass is 339 g/mol. The first kappa shape index (κ1) is 16.2. The molecule has 2 heterocycles. The zero-order valence-corrected chi connectivity index (χ0v) is 14.2. The highest BCUT2D eigenvalue weighted by atomic mass is 35.5. The van der Waals surface area contributed by atoms with Crippen molar-refractivity contribution in [3.63, 3.8) is 0 Å². The Morgan fingerprint density at radius 2 is 1.95 bits per heavy atom. The van der Waals surface area contributed by atoms with E-state index in [2.05, 4.69) is 11.0 Å². The minimum absolute atomic E-state index is 0.163. The largest absolute Gasteiger partial charge is 0.381 e. The van der Waals surface area contributed by atoms with Crippen LogP contribution in [0, 0.1) is 5.92 Å². The summed E-state index contributed by atoms with van der Waals surface area (Å²) >= 11 is 8.24. The van der Waals surface area contributed by atoms with Crippen molar-refractivity contribution in [2.75, 3.05) is 32.1 Å². The van der Waals surface area contributed by atoms with Crippen LogP contribution in [0.3, 0.4) is 0 Å². The molecule has 2 fully saturated rings. The molecule has 0 bridgehead atoms. The predicted molar refractivity (Wildman–Crippen MR) is 91.4 cm³/mol. The molecule has 0 spiro atoms. The summed E-state index contributed by atoms with van der Waals surface area (Å²) in [4.78, 5) is 14.7. The Morgan fingerprint density at radius 3 is 2.73 bits per heavy atom. The molecule has 0 aromatic heterocycles. The van der Waals surface area contributed by atoms with Crippen molar-refractivity contribution in [2.24, 2.45) is 5.92 Å². The van der Waals surface area contributed by atoms with Crippen molar-refractivity contribution >= 4 is 29.3 Å². The third-order valence-corrected chi connectivity index (χ3v) is 6.13. The van der Waals surface area contributed by atoms with Crippen LogP contribution in [0.1, 0.15) is 30.1 Å². The number of halogens is 1. The van der Waals surface area contributed by atoms with Crippen LogP contribution in [0.25, 0.3) is 0 Å². The summed E-state index contributed by atoms with van der Waals surface area (Å²) in [5.74, 6) is 1.46. The van der Waals surface area contributed by atoms with Crippen LogP contribution in [0.15, 0.2) is 24.3 Å². The fourth-order valence-corrected chi connectivity index (χ4v) is 4.78. The van der Waals surface area contributed by atoms with Gasteiger partial charge in [0.05, 0.1) is 0 Å². The van der Waals surface area contributed by atoms with E-state index in [1.54, 1.807) is 0 Å². The molecule has 1 atom stereocenters. The molecule has 3 nitrogen and oxygen atoms in total. The van der Waals surface area contributed by atoms with Crippen LogP contribution in [0.4, 0.5) is 0 Å². The van der Waals surface area contributed by atoms with E-state index < -0.39 is 0 Å². The van der Waals surface area contributed by atoms with Crippen molar-refractivity contribution in [3.8, 4) is 0 Å². The molecule has 0 unspecified atom stereocenters. The standard InChI is InChI=1S/C17H22ClNO2S/c18-15-4-2-1-3-14(15)16-5-8-19(9-12-22-16)17(20)13-6-10-21-11-7-13/h1-4,13,16H,5-12H2/t16-/m1/s1. The highest BCUT2D eigenvalue weighted by Crippen LogP contribution is 2.38. The number of hydrogen-bond acceptors (Lipinski definition) is 3. The van der Waals surface area contributed by atoms with Crippen LogP contribution in [0.5, 0.6) is 0 Å². The number of carbonyl (C=O) groups is 1. The molecule has 1 amide bonds. The number of amides is 1. The summed E-state index contributed by atoms with van der Waals surface area (Å²) in [5, 5.41) is 1.23. The van der Waals surface area contributed by atoms with Gasteiger partial charge in [0.1, 0.15) is 0 Å². The topological polar surface area (TPSA) is 29.5 Å². The lowest BCUT2D eigenvalue weighted by atomic mass is 9.98. The lowest BCUT2D eigenvalue weighted by molar-refractivity contribution is -0.138. The second kappa shape index (κ2) is 7.71. The third-order valence-electron chi connectivity index (χ3n) is 4.48. The number of nitrogens with zero attached hydrogens (tertiary/aromatic N) is 1. The van der Waals surface area contributed by atoms with Gasteiger partial charge in [0.15, 0.2) is 0 Å². The van der Waals surface area contributed by atoms with Gasteiger partial charge in [0.2, 0.25) is 5.91 Å². The molecule has 3 rings (SSSR count). The molecule has 120 valence electrons. The SMILES string of the molecule is O=C(C1CCOCC1)N1CCS[C@@H](c2ccccc2Cl)CC1. The minimum atomic E-state index is 0.163. The number of carbonyl (C=O) groups excluding carboxylic acids is 1. The predicted octanol–water partition coefficient (Wildman–Crippen LogP) is 3.77. The lowest BCUT2D eigenvalue weighted by Crippen LogP contribution is -2.39. The molecule has 2 aliphatic heterocycles. The number of ether oxygens (including phenoxy) is 1. The van der Waals surface area contributed by atoms with E-state index in [1.807, 2.05) is 30.0 Å². The van der Waals surface area contributed by atoms with E-state index in [4.69, 9.17) is 16.3 Å². The van der Waals surface area contributed by atoms with Crippen molar-refractivity contribution in [1.29, 1.82) is 0 Å². The first-order chi connectivity index (χ1) is 10.8. The van der Waals surface area contributed by atoms with Crippen LogP contribution < -0.4 is 0 Å². The molecule has 1 aromatic carbocycles. The number of rotatable bonds is 2. The fraction of sp³-hybridized carbons (Fsp3) is 0.588. The molecule has 5 heteroatoms. The minimum Gasteiger partial charge on any atom is -0.381 e. The Balaban J connectivity index is 1.62. The molecular weight excluding hydrogens is 318 g/mol. The molecule has 1 aromatic rings. The van der Waals surface area contributed by atoms with E-state index in [9.17, 15) is 4.79 Å². The quantitative estimate of drug-likeness (QED) is 0.821. The van der Waals surface area contributed by atoms with Crippen molar-refractivity contribution in [1.82, 2.24) is 4.90 Å². The van der Waals surface area contributed by atoms with Gasteiger partial charge in [-0.15, -0.1) is 0 Å². The summed E-state index contributed by atoms with van der Waals surface area (Å²) < 4.78 is 5.36. The summed E-state index contributed by atoms with van der Waals surface area (Å²) in [6, 6.07) is 8.06. The molecule has 0 radical (unpaired) electrons. The maximum atomic E-state index is 12.7. The van der Waals surface area contributed by atoms with Crippen molar-refractivity contribution < 1.29 is 9.53 Å². The Bertz CT molecular complexity index is 519. The normalized spacial score (nSPS) is 24.0. The Morgan fingerprint density at radius 1 is 1.18 bits per heavy atom. The van der Waals surface area contributed by atoms with E-state index in [0.29, 0.717) is 11.2 Å². The summed E-state index contributed by atoms with van der Waals surface area (Å²) in [7, 11) is 0. The van der Waals surface area contributed by atoms with Gasteiger partial charge in [-0.2, -0.15) is 11.8 Å². The van der Waals surface area contributed by atoms with Gasteiger partial charge >= 0.3 is 0 Å². The first-order valence-corrected chi connectivity index (χ1v) is 9.41. The first-order valence-electron chi connectivity index (χ1n) is 7.98. The van der Waals surface area contributed by atoms with Gasteiger partial charge in [0.25, 0.3) is 0 Å². The van der Waals surface area contributed by atoms with Crippen LogP contribution in [-0.2, 0) is 9.53 Å². The number of benzene rings is 1. The van der Waals surface area contributed by atoms with Gasteiger partial charge in [-0.1, -0.05) is 29.8 Å². The van der Waals surface area contributed by atoms with E-state index >= 15 is 0 Å². The third kappa shape index (κ3) is 3.79. The van der Waals surface area contributed by atoms with Gasteiger partial charge in [0, 0.05) is 48.2 Å². The number of hydrogen-bond donors (Lipinski definition) is 0. The summed E-state index contributed by atoms with van der Waals surface area (Å²) in [5.41, 5.74) is 1.20. The molecule has 2 aliphatic rings. The van der Waals surface area contributed by atoms with E-state index in [-0.39, 0.29) is 5.92 Å². The Kier molecular flexibility index (Phi) is 5.66. The second-order valence-electron chi connectivity index (χ2n) is 5.88. The smallest absolute Gasteiger partial charge is 0.225 e. The zero-order chi connectivity index (χ0) is 15.4. The fourth-order valence-electron chi connectivity index (χ4n) is 3.18. The molecule has 0 aliphatic carbocycles. The van der Waals surface area contributed by atoms with Crippen LogP contribution in [0.2, 0.25) is 5.02 Å². The van der Waals surface area contributed by atoms with Gasteiger partial charge in [-0.05, 0) is 30.9 Å². The highest BCUT2D eigenvalue weighted by Gasteiger charge is 2.29. The molecule has 0 N–H and O–H groups in total. The van der Waals surface area contributed by atoms with Gasteiger partial charge in [-0.25, -0.2) is 0 Å². The van der Waals surface area contributed by atoms with E-state index in [1.165, 1.54) is 5.56 Å². The average Bonchev–Trinajstić information content (AvgIpc) is 2.81. The van der Waals surface area contributed by atoms with E-state index in [0.717, 1.165) is 56.3 Å².